The van der Waals surface area contributed by atoms with Crippen molar-refractivity contribution in [2.75, 3.05) is 37.3 Å². The van der Waals surface area contributed by atoms with Gasteiger partial charge in [-0.2, -0.15) is 0 Å². The average molecular weight is 259 g/mol. The number of anilines is 2. The standard InChI is InChI=1S/C14H21N5/c1-14(2)9-19(7-6-18(14)3)13-16-11-5-4-10(15)8-12(11)17-13/h4-5,8H,6-7,9,15H2,1-3H3,(H,16,17). The van der Waals surface area contributed by atoms with E-state index >= 15 is 0 Å². The van der Waals surface area contributed by atoms with E-state index in [0.29, 0.717) is 0 Å². The number of benzene rings is 1. The number of nitrogens with two attached hydrogens (primary N) is 1. The van der Waals surface area contributed by atoms with E-state index in [9.17, 15) is 0 Å². The predicted octanol–water partition coefficient (Wildman–Crippen LogP) is 1.68. The summed E-state index contributed by atoms with van der Waals surface area (Å²) < 4.78 is 0. The lowest BCUT2D eigenvalue weighted by Gasteiger charge is -2.45. The number of H-pyrrole nitrogens is 1. The minimum atomic E-state index is 0.163. The molecule has 0 amide bonds. The van der Waals surface area contributed by atoms with Crippen molar-refractivity contribution < 1.29 is 0 Å². The van der Waals surface area contributed by atoms with Gasteiger partial charge < -0.3 is 15.6 Å². The first kappa shape index (κ1) is 12.3. The van der Waals surface area contributed by atoms with Crippen molar-refractivity contribution in [3.8, 4) is 0 Å². The molecule has 102 valence electrons. The third kappa shape index (κ3) is 2.14. The Morgan fingerprint density at radius 2 is 2.11 bits per heavy atom. The summed E-state index contributed by atoms with van der Waals surface area (Å²) in [5, 5.41) is 0. The fourth-order valence-electron chi connectivity index (χ4n) is 2.58. The topological polar surface area (TPSA) is 61.2 Å². The third-order valence-corrected chi connectivity index (χ3v) is 4.11. The van der Waals surface area contributed by atoms with Crippen molar-refractivity contribution in [2.45, 2.75) is 19.4 Å². The van der Waals surface area contributed by atoms with Crippen molar-refractivity contribution in [2.24, 2.45) is 0 Å². The Bertz CT molecular complexity index is 601. The molecule has 2 aromatic rings. The number of nitrogens with one attached hydrogen (secondary N) is 1. The van der Waals surface area contributed by atoms with E-state index in [1.807, 2.05) is 18.2 Å². The zero-order valence-electron chi connectivity index (χ0n) is 11.8. The minimum absolute atomic E-state index is 0.163. The van der Waals surface area contributed by atoms with Crippen LogP contribution in [0.15, 0.2) is 18.2 Å². The van der Waals surface area contributed by atoms with E-state index in [2.05, 4.69) is 40.7 Å². The summed E-state index contributed by atoms with van der Waals surface area (Å²) in [6, 6.07) is 5.79. The number of nitrogens with zero attached hydrogens (tertiary/aromatic N) is 3. The SMILES string of the molecule is CN1CCN(c2nc3ccc(N)cc3[nH]2)CC1(C)C. The lowest BCUT2D eigenvalue weighted by atomic mass is 10.0. The molecule has 5 heteroatoms. The van der Waals surface area contributed by atoms with Crippen molar-refractivity contribution >= 4 is 22.7 Å². The molecule has 0 bridgehead atoms. The number of aromatic nitrogens is 2. The summed E-state index contributed by atoms with van der Waals surface area (Å²) in [6.45, 7) is 7.54. The first-order valence-electron chi connectivity index (χ1n) is 6.67. The quantitative estimate of drug-likeness (QED) is 0.765. The number of aromatic amines is 1. The molecule has 0 spiro atoms. The molecule has 1 aromatic carbocycles. The maximum atomic E-state index is 5.80. The lowest BCUT2D eigenvalue weighted by Crippen LogP contribution is -2.58. The van der Waals surface area contributed by atoms with Gasteiger partial charge in [-0.1, -0.05) is 0 Å². The second-order valence-corrected chi connectivity index (χ2v) is 5.99. The van der Waals surface area contributed by atoms with Crippen LogP contribution < -0.4 is 10.6 Å². The van der Waals surface area contributed by atoms with Crippen LogP contribution in [0.5, 0.6) is 0 Å². The largest absolute Gasteiger partial charge is 0.399 e. The van der Waals surface area contributed by atoms with Gasteiger partial charge in [0.05, 0.1) is 11.0 Å². The van der Waals surface area contributed by atoms with Crippen LogP contribution in [-0.4, -0.2) is 47.1 Å². The fourth-order valence-corrected chi connectivity index (χ4v) is 2.58. The van der Waals surface area contributed by atoms with E-state index in [1.54, 1.807) is 0 Å². The van der Waals surface area contributed by atoms with Crippen LogP contribution in [-0.2, 0) is 0 Å². The first-order valence-corrected chi connectivity index (χ1v) is 6.67. The summed E-state index contributed by atoms with van der Waals surface area (Å²) in [5.41, 5.74) is 8.71. The maximum Gasteiger partial charge on any atom is 0.203 e. The van der Waals surface area contributed by atoms with E-state index in [4.69, 9.17) is 5.73 Å². The summed E-state index contributed by atoms with van der Waals surface area (Å²) in [6.07, 6.45) is 0. The number of likely N-dealkylation sites (N-methyl/N-ethyl adjacent to an activating group) is 1. The van der Waals surface area contributed by atoms with Crippen LogP contribution in [0.2, 0.25) is 0 Å². The molecule has 2 heterocycles. The van der Waals surface area contributed by atoms with Gasteiger partial charge in [0.2, 0.25) is 5.95 Å². The molecule has 0 atom stereocenters. The van der Waals surface area contributed by atoms with Gasteiger partial charge in [-0.05, 0) is 39.1 Å². The molecule has 3 N–H and O–H groups in total. The van der Waals surface area contributed by atoms with Gasteiger partial charge in [-0.15, -0.1) is 0 Å². The Morgan fingerprint density at radius 3 is 2.84 bits per heavy atom. The van der Waals surface area contributed by atoms with Crippen LogP contribution >= 0.6 is 0 Å². The number of imidazole rings is 1. The molecule has 0 unspecified atom stereocenters. The Labute approximate surface area is 113 Å². The van der Waals surface area contributed by atoms with Gasteiger partial charge in [0.25, 0.3) is 0 Å². The van der Waals surface area contributed by atoms with Crippen LogP contribution in [0.1, 0.15) is 13.8 Å². The predicted molar refractivity (Wildman–Crippen MR) is 79.4 cm³/mol. The number of hydrogen-bond donors (Lipinski definition) is 2. The number of fused-ring (bicyclic) bond motifs is 1. The first-order chi connectivity index (χ1) is 8.95. The Kier molecular flexibility index (Phi) is 2.67. The summed E-state index contributed by atoms with van der Waals surface area (Å²) in [4.78, 5) is 12.7. The van der Waals surface area contributed by atoms with Gasteiger partial charge in [0.15, 0.2) is 0 Å². The number of nitrogen functional groups attached to an aromatic ring is 1. The molecule has 0 saturated carbocycles. The lowest BCUT2D eigenvalue weighted by molar-refractivity contribution is 0.138. The van der Waals surface area contributed by atoms with Crippen LogP contribution in [0.4, 0.5) is 11.6 Å². The zero-order valence-corrected chi connectivity index (χ0v) is 11.8. The van der Waals surface area contributed by atoms with Gasteiger partial charge in [0.1, 0.15) is 0 Å². The number of hydrogen-bond acceptors (Lipinski definition) is 4. The highest BCUT2D eigenvalue weighted by atomic mass is 15.3. The highest BCUT2D eigenvalue weighted by molar-refractivity contribution is 5.80. The molecular weight excluding hydrogens is 238 g/mol. The highest BCUT2D eigenvalue weighted by Crippen LogP contribution is 2.25. The summed E-state index contributed by atoms with van der Waals surface area (Å²) in [7, 11) is 2.18. The molecule has 5 nitrogen and oxygen atoms in total. The normalized spacial score (nSPS) is 20.1. The summed E-state index contributed by atoms with van der Waals surface area (Å²) >= 11 is 0. The molecule has 1 aliphatic heterocycles. The smallest absolute Gasteiger partial charge is 0.203 e. The molecular formula is C14H21N5. The van der Waals surface area contributed by atoms with E-state index in [0.717, 1.165) is 42.3 Å². The van der Waals surface area contributed by atoms with Crippen molar-refractivity contribution in [1.82, 2.24) is 14.9 Å². The van der Waals surface area contributed by atoms with Gasteiger partial charge in [-0.25, -0.2) is 4.98 Å². The Balaban J connectivity index is 1.92. The molecule has 19 heavy (non-hydrogen) atoms. The second kappa shape index (κ2) is 4.13. The number of piperazine rings is 1. The fraction of sp³-hybridized carbons (Fsp3) is 0.500. The maximum absolute atomic E-state index is 5.80. The minimum Gasteiger partial charge on any atom is -0.399 e. The molecule has 0 aliphatic carbocycles. The molecule has 1 fully saturated rings. The highest BCUT2D eigenvalue weighted by Gasteiger charge is 2.32. The Morgan fingerprint density at radius 1 is 1.32 bits per heavy atom. The Hall–Kier alpha value is -1.75. The molecule has 1 saturated heterocycles. The second-order valence-electron chi connectivity index (χ2n) is 5.99. The van der Waals surface area contributed by atoms with Crippen molar-refractivity contribution in [3.05, 3.63) is 18.2 Å². The molecule has 1 aliphatic rings. The molecule has 1 aromatic heterocycles. The average Bonchev–Trinajstić information content (AvgIpc) is 2.75. The van der Waals surface area contributed by atoms with Gasteiger partial charge in [0, 0.05) is 30.9 Å². The van der Waals surface area contributed by atoms with Crippen LogP contribution in [0, 0.1) is 0 Å². The molecule has 3 rings (SSSR count). The van der Waals surface area contributed by atoms with Crippen molar-refractivity contribution in [1.29, 1.82) is 0 Å². The zero-order chi connectivity index (χ0) is 13.6. The van der Waals surface area contributed by atoms with E-state index < -0.39 is 0 Å². The van der Waals surface area contributed by atoms with E-state index in [1.165, 1.54) is 0 Å². The van der Waals surface area contributed by atoms with Gasteiger partial charge in [-0.3, -0.25) is 4.90 Å². The van der Waals surface area contributed by atoms with E-state index in [-0.39, 0.29) is 5.54 Å². The van der Waals surface area contributed by atoms with Crippen LogP contribution in [0.3, 0.4) is 0 Å². The molecule has 0 radical (unpaired) electrons. The van der Waals surface area contributed by atoms with Crippen molar-refractivity contribution in [3.63, 3.8) is 0 Å². The monoisotopic (exact) mass is 259 g/mol. The van der Waals surface area contributed by atoms with Crippen LogP contribution in [0.25, 0.3) is 11.0 Å². The number of rotatable bonds is 1. The third-order valence-electron chi connectivity index (χ3n) is 4.11. The summed E-state index contributed by atoms with van der Waals surface area (Å²) in [5.74, 6) is 0.946. The van der Waals surface area contributed by atoms with Gasteiger partial charge >= 0.3 is 0 Å².